The van der Waals surface area contributed by atoms with Gasteiger partial charge in [-0.1, -0.05) is 30.3 Å². The summed E-state index contributed by atoms with van der Waals surface area (Å²) in [5, 5.41) is 0.521. The standard InChI is InChI=1S/C11H7F3/c12-10-6-2-3-7-8(10)4-1-5-9(7)11(13)14/h1-6,11H. The van der Waals surface area contributed by atoms with E-state index in [1.54, 1.807) is 0 Å². The predicted molar refractivity (Wildman–Crippen MR) is 48.9 cm³/mol. The third kappa shape index (κ3) is 1.35. The Balaban J connectivity index is 2.81. The number of fused-ring (bicyclic) bond motifs is 1. The Bertz CT molecular complexity index is 463. The summed E-state index contributed by atoms with van der Waals surface area (Å²) in [6, 6.07) is 8.44. The summed E-state index contributed by atoms with van der Waals surface area (Å²) in [6.45, 7) is 0. The van der Waals surface area contributed by atoms with Crippen LogP contribution in [0.25, 0.3) is 10.8 Å². The van der Waals surface area contributed by atoms with Crippen LogP contribution in [0.1, 0.15) is 12.0 Å². The van der Waals surface area contributed by atoms with E-state index >= 15 is 0 Å². The van der Waals surface area contributed by atoms with Crippen molar-refractivity contribution in [2.24, 2.45) is 0 Å². The third-order valence-corrected chi connectivity index (χ3v) is 2.14. The summed E-state index contributed by atoms with van der Waals surface area (Å²) >= 11 is 0. The molecular weight excluding hydrogens is 189 g/mol. The summed E-state index contributed by atoms with van der Waals surface area (Å²) in [5.74, 6) is -0.468. The minimum Gasteiger partial charge on any atom is -0.206 e. The maximum Gasteiger partial charge on any atom is 0.264 e. The van der Waals surface area contributed by atoms with Crippen molar-refractivity contribution < 1.29 is 13.2 Å². The first-order chi connectivity index (χ1) is 6.70. The molecule has 3 heteroatoms. The van der Waals surface area contributed by atoms with Crippen LogP contribution in [0, 0.1) is 5.82 Å². The summed E-state index contributed by atoms with van der Waals surface area (Å²) in [6.07, 6.45) is -2.57. The Morgan fingerprint density at radius 2 is 1.50 bits per heavy atom. The van der Waals surface area contributed by atoms with E-state index in [1.165, 1.54) is 36.4 Å². The highest BCUT2D eigenvalue weighted by Crippen LogP contribution is 2.28. The fourth-order valence-electron chi connectivity index (χ4n) is 1.49. The topological polar surface area (TPSA) is 0 Å². The Labute approximate surface area is 79.0 Å². The molecule has 0 N–H and O–H groups in total. The fraction of sp³-hybridized carbons (Fsp3) is 0.0909. The third-order valence-electron chi connectivity index (χ3n) is 2.14. The lowest BCUT2D eigenvalue weighted by molar-refractivity contribution is 0.153. The maximum atomic E-state index is 13.2. The summed E-state index contributed by atoms with van der Waals surface area (Å²) in [5.41, 5.74) is -0.123. The van der Waals surface area contributed by atoms with Crippen LogP contribution in [-0.2, 0) is 0 Å². The molecule has 0 radical (unpaired) electrons. The highest BCUT2D eigenvalue weighted by molar-refractivity contribution is 5.86. The molecule has 0 saturated carbocycles. The largest absolute Gasteiger partial charge is 0.264 e. The van der Waals surface area contributed by atoms with Gasteiger partial charge in [-0.05, 0) is 11.5 Å². The Morgan fingerprint density at radius 1 is 0.857 bits per heavy atom. The smallest absolute Gasteiger partial charge is 0.206 e. The zero-order valence-corrected chi connectivity index (χ0v) is 7.18. The Hall–Kier alpha value is -1.51. The van der Waals surface area contributed by atoms with E-state index in [0.29, 0.717) is 0 Å². The Kier molecular flexibility index (Phi) is 2.15. The van der Waals surface area contributed by atoms with Crippen molar-refractivity contribution in [3.05, 3.63) is 47.8 Å². The molecule has 0 unspecified atom stereocenters. The molecule has 0 amide bonds. The molecule has 0 nitrogen and oxygen atoms in total. The monoisotopic (exact) mass is 196 g/mol. The second-order valence-electron chi connectivity index (χ2n) is 2.98. The number of hydrogen-bond acceptors (Lipinski definition) is 0. The maximum absolute atomic E-state index is 13.2. The van der Waals surface area contributed by atoms with Crippen LogP contribution in [0.2, 0.25) is 0 Å². The first-order valence-corrected chi connectivity index (χ1v) is 4.15. The molecule has 0 saturated heterocycles. The van der Waals surface area contributed by atoms with Crippen molar-refractivity contribution in [2.75, 3.05) is 0 Å². The van der Waals surface area contributed by atoms with E-state index in [9.17, 15) is 13.2 Å². The van der Waals surface area contributed by atoms with Gasteiger partial charge < -0.3 is 0 Å². The Morgan fingerprint density at radius 3 is 2.21 bits per heavy atom. The first-order valence-electron chi connectivity index (χ1n) is 4.15. The van der Waals surface area contributed by atoms with Gasteiger partial charge in [0, 0.05) is 10.9 Å². The fourth-order valence-corrected chi connectivity index (χ4v) is 1.49. The van der Waals surface area contributed by atoms with Gasteiger partial charge in [0.15, 0.2) is 0 Å². The van der Waals surface area contributed by atoms with Crippen LogP contribution < -0.4 is 0 Å². The SMILES string of the molecule is Fc1cccc2c(C(F)F)cccc12. The van der Waals surface area contributed by atoms with Gasteiger partial charge in [-0.15, -0.1) is 0 Å². The molecule has 0 aliphatic carbocycles. The molecule has 14 heavy (non-hydrogen) atoms. The van der Waals surface area contributed by atoms with Crippen molar-refractivity contribution in [3.63, 3.8) is 0 Å². The lowest BCUT2D eigenvalue weighted by atomic mass is 10.0. The zero-order chi connectivity index (χ0) is 10.1. The molecule has 0 aromatic heterocycles. The second-order valence-corrected chi connectivity index (χ2v) is 2.98. The molecule has 0 fully saturated rings. The van der Waals surface area contributed by atoms with Crippen LogP contribution in [-0.4, -0.2) is 0 Å². The van der Waals surface area contributed by atoms with Crippen LogP contribution in [0.3, 0.4) is 0 Å². The van der Waals surface area contributed by atoms with E-state index < -0.39 is 12.2 Å². The van der Waals surface area contributed by atoms with Gasteiger partial charge in [-0.25, -0.2) is 13.2 Å². The molecule has 0 heterocycles. The highest BCUT2D eigenvalue weighted by Gasteiger charge is 2.11. The minimum atomic E-state index is -2.57. The van der Waals surface area contributed by atoms with E-state index in [1.807, 2.05) is 0 Å². The van der Waals surface area contributed by atoms with Crippen LogP contribution in [0.5, 0.6) is 0 Å². The van der Waals surface area contributed by atoms with E-state index in [0.717, 1.165) is 0 Å². The lowest BCUT2D eigenvalue weighted by Gasteiger charge is -2.05. The average Bonchev–Trinajstić information content (AvgIpc) is 2.17. The summed E-state index contributed by atoms with van der Waals surface area (Å²) in [4.78, 5) is 0. The van der Waals surface area contributed by atoms with Crippen LogP contribution in [0.15, 0.2) is 36.4 Å². The number of hydrogen-bond donors (Lipinski definition) is 0. The van der Waals surface area contributed by atoms with E-state index in [2.05, 4.69) is 0 Å². The molecule has 2 rings (SSSR count). The first kappa shape index (κ1) is 9.06. The van der Waals surface area contributed by atoms with Gasteiger partial charge in [0.1, 0.15) is 5.82 Å². The van der Waals surface area contributed by atoms with Gasteiger partial charge >= 0.3 is 0 Å². The van der Waals surface area contributed by atoms with Crippen molar-refractivity contribution >= 4 is 10.8 Å². The van der Waals surface area contributed by atoms with Crippen molar-refractivity contribution in [3.8, 4) is 0 Å². The number of benzene rings is 2. The summed E-state index contributed by atoms with van der Waals surface area (Å²) < 4.78 is 38.2. The van der Waals surface area contributed by atoms with Crippen molar-refractivity contribution in [1.82, 2.24) is 0 Å². The van der Waals surface area contributed by atoms with Gasteiger partial charge in [0.2, 0.25) is 0 Å². The normalized spacial score (nSPS) is 11.1. The highest BCUT2D eigenvalue weighted by atomic mass is 19.3. The van der Waals surface area contributed by atoms with Gasteiger partial charge in [0.05, 0.1) is 0 Å². The second kappa shape index (κ2) is 3.33. The van der Waals surface area contributed by atoms with Crippen LogP contribution in [0.4, 0.5) is 13.2 Å². The minimum absolute atomic E-state index is 0.123. The lowest BCUT2D eigenvalue weighted by Crippen LogP contribution is -1.88. The van der Waals surface area contributed by atoms with Crippen molar-refractivity contribution in [1.29, 1.82) is 0 Å². The molecule has 2 aromatic rings. The number of halogens is 3. The van der Waals surface area contributed by atoms with Crippen molar-refractivity contribution in [2.45, 2.75) is 6.43 Å². The van der Waals surface area contributed by atoms with E-state index in [4.69, 9.17) is 0 Å². The molecule has 0 bridgehead atoms. The molecule has 0 atom stereocenters. The molecule has 0 spiro atoms. The van der Waals surface area contributed by atoms with Crippen LogP contribution >= 0.6 is 0 Å². The molecule has 2 aromatic carbocycles. The molecule has 0 aliphatic heterocycles. The van der Waals surface area contributed by atoms with Gasteiger partial charge in [-0.2, -0.15) is 0 Å². The van der Waals surface area contributed by atoms with Gasteiger partial charge in [0.25, 0.3) is 6.43 Å². The number of alkyl halides is 2. The molecule has 0 aliphatic rings. The average molecular weight is 196 g/mol. The summed E-state index contributed by atoms with van der Waals surface area (Å²) in [7, 11) is 0. The number of rotatable bonds is 1. The van der Waals surface area contributed by atoms with E-state index in [-0.39, 0.29) is 16.3 Å². The predicted octanol–water partition coefficient (Wildman–Crippen LogP) is 3.92. The molecular formula is C11H7F3. The van der Waals surface area contributed by atoms with Gasteiger partial charge in [-0.3, -0.25) is 0 Å². The molecule has 72 valence electrons. The quantitative estimate of drug-likeness (QED) is 0.648. The zero-order valence-electron chi connectivity index (χ0n) is 7.18.